The van der Waals surface area contributed by atoms with Crippen molar-refractivity contribution in [3.05, 3.63) is 35.9 Å². The van der Waals surface area contributed by atoms with Crippen molar-refractivity contribution in [2.75, 3.05) is 59.4 Å². The van der Waals surface area contributed by atoms with E-state index in [1.165, 1.54) is 5.56 Å². The second-order valence-corrected chi connectivity index (χ2v) is 8.56. The molecule has 174 valence electrons. The van der Waals surface area contributed by atoms with Gasteiger partial charge in [-0.1, -0.05) is 30.3 Å². The Morgan fingerprint density at radius 1 is 1.13 bits per heavy atom. The van der Waals surface area contributed by atoms with Crippen LogP contribution in [0.2, 0.25) is 0 Å². The van der Waals surface area contributed by atoms with Crippen LogP contribution < -0.4 is 11.1 Å². The van der Waals surface area contributed by atoms with Crippen LogP contribution in [-0.2, 0) is 11.3 Å². The molecule has 1 amide bonds. The van der Waals surface area contributed by atoms with Crippen molar-refractivity contribution in [2.45, 2.75) is 32.2 Å². The van der Waals surface area contributed by atoms with Gasteiger partial charge in [-0.3, -0.25) is 14.7 Å². The molecule has 0 spiro atoms. The molecule has 31 heavy (non-hydrogen) atoms. The highest BCUT2D eigenvalue weighted by molar-refractivity contribution is 14.0. The first kappa shape index (κ1) is 25.9. The Morgan fingerprint density at radius 3 is 2.52 bits per heavy atom. The standard InChI is InChI=1S/C23H38N6O.HI/c1-25-23(29-12-5-9-21(19-29)17-22(24)30)26-10-6-11-27-13-15-28(16-14-27)18-20-7-3-2-4-8-20;/h2-4,7-8,21H,5-6,9-19H2,1H3,(H2,24,30)(H,25,26);1H. The van der Waals surface area contributed by atoms with Crippen LogP contribution in [0.25, 0.3) is 0 Å². The van der Waals surface area contributed by atoms with Crippen LogP contribution >= 0.6 is 24.0 Å². The zero-order valence-electron chi connectivity index (χ0n) is 18.8. The first-order valence-electron chi connectivity index (χ1n) is 11.4. The van der Waals surface area contributed by atoms with Gasteiger partial charge in [-0.2, -0.15) is 0 Å². The Hall–Kier alpha value is -1.39. The maximum atomic E-state index is 11.2. The lowest BCUT2D eigenvalue weighted by molar-refractivity contribution is -0.119. The Labute approximate surface area is 204 Å². The summed E-state index contributed by atoms with van der Waals surface area (Å²) in [5.74, 6) is 1.10. The summed E-state index contributed by atoms with van der Waals surface area (Å²) in [6.07, 6.45) is 3.75. The molecule has 0 bridgehead atoms. The molecular weight excluding hydrogens is 503 g/mol. The summed E-state index contributed by atoms with van der Waals surface area (Å²) in [6, 6.07) is 10.7. The Morgan fingerprint density at radius 2 is 1.84 bits per heavy atom. The quantitative estimate of drug-likeness (QED) is 0.228. The molecule has 3 N–H and O–H groups in total. The Kier molecular flexibility index (Phi) is 11.6. The molecule has 2 heterocycles. The summed E-state index contributed by atoms with van der Waals surface area (Å²) in [7, 11) is 1.84. The second kappa shape index (κ2) is 13.9. The van der Waals surface area contributed by atoms with Crippen molar-refractivity contribution in [3.63, 3.8) is 0 Å². The number of carbonyl (C=O) groups excluding carboxylic acids is 1. The molecule has 2 aliphatic rings. The molecule has 8 heteroatoms. The molecule has 0 saturated carbocycles. The van der Waals surface area contributed by atoms with E-state index in [1.54, 1.807) is 0 Å². The number of guanidine groups is 1. The van der Waals surface area contributed by atoms with Crippen LogP contribution in [0.4, 0.5) is 0 Å². The Bertz CT molecular complexity index is 678. The van der Waals surface area contributed by atoms with E-state index in [4.69, 9.17) is 5.73 Å². The number of primary amides is 1. The molecule has 0 aromatic heterocycles. The first-order chi connectivity index (χ1) is 14.6. The van der Waals surface area contributed by atoms with Gasteiger partial charge in [0.25, 0.3) is 0 Å². The first-order valence-corrected chi connectivity index (χ1v) is 11.4. The molecule has 2 saturated heterocycles. The van der Waals surface area contributed by atoms with Crippen molar-refractivity contribution in [2.24, 2.45) is 16.6 Å². The predicted octanol–water partition coefficient (Wildman–Crippen LogP) is 1.98. The van der Waals surface area contributed by atoms with E-state index in [1.807, 2.05) is 7.05 Å². The summed E-state index contributed by atoms with van der Waals surface area (Å²) in [5.41, 5.74) is 6.78. The van der Waals surface area contributed by atoms with Gasteiger partial charge in [0.1, 0.15) is 0 Å². The van der Waals surface area contributed by atoms with Crippen molar-refractivity contribution >= 4 is 35.8 Å². The van der Waals surface area contributed by atoms with Gasteiger partial charge < -0.3 is 20.9 Å². The van der Waals surface area contributed by atoms with Crippen LogP contribution in [0.1, 0.15) is 31.2 Å². The molecule has 2 fully saturated rings. The van der Waals surface area contributed by atoms with Crippen molar-refractivity contribution in [1.29, 1.82) is 0 Å². The van der Waals surface area contributed by atoms with Gasteiger partial charge in [-0.25, -0.2) is 0 Å². The lowest BCUT2D eigenvalue weighted by Gasteiger charge is -2.35. The number of hydrogen-bond acceptors (Lipinski definition) is 4. The van der Waals surface area contributed by atoms with Crippen LogP contribution in [0.5, 0.6) is 0 Å². The zero-order chi connectivity index (χ0) is 21.2. The number of amides is 1. The lowest BCUT2D eigenvalue weighted by Crippen LogP contribution is -2.48. The third-order valence-corrected chi connectivity index (χ3v) is 6.17. The van der Waals surface area contributed by atoms with E-state index in [0.29, 0.717) is 12.3 Å². The summed E-state index contributed by atoms with van der Waals surface area (Å²) in [5, 5.41) is 3.52. The van der Waals surface area contributed by atoms with Crippen molar-refractivity contribution < 1.29 is 4.79 Å². The molecule has 1 atom stereocenters. The van der Waals surface area contributed by atoms with Gasteiger partial charge in [0.15, 0.2) is 5.96 Å². The lowest BCUT2D eigenvalue weighted by atomic mass is 9.95. The van der Waals surface area contributed by atoms with E-state index in [0.717, 1.165) is 84.1 Å². The number of piperazine rings is 1. The molecule has 2 aliphatic heterocycles. The number of nitrogens with two attached hydrogens (primary N) is 1. The van der Waals surface area contributed by atoms with Gasteiger partial charge >= 0.3 is 0 Å². The van der Waals surface area contributed by atoms with Gasteiger partial charge in [0.05, 0.1) is 0 Å². The fourth-order valence-corrected chi connectivity index (χ4v) is 4.56. The van der Waals surface area contributed by atoms with E-state index in [-0.39, 0.29) is 29.9 Å². The predicted molar refractivity (Wildman–Crippen MR) is 138 cm³/mol. The molecule has 0 aliphatic carbocycles. The van der Waals surface area contributed by atoms with E-state index in [9.17, 15) is 4.79 Å². The SMILES string of the molecule is CN=C(NCCCN1CCN(Cc2ccccc2)CC1)N1CCCC(CC(N)=O)C1.I. The van der Waals surface area contributed by atoms with Gasteiger partial charge in [0.2, 0.25) is 5.91 Å². The number of hydrogen-bond donors (Lipinski definition) is 2. The Balaban J connectivity index is 0.00000341. The average molecular weight is 543 g/mol. The summed E-state index contributed by atoms with van der Waals surface area (Å²) < 4.78 is 0. The average Bonchev–Trinajstić information content (AvgIpc) is 2.75. The molecule has 1 aromatic rings. The number of likely N-dealkylation sites (tertiary alicyclic amines) is 1. The fraction of sp³-hybridized carbons (Fsp3) is 0.652. The molecular formula is C23H39IN6O. The third-order valence-electron chi connectivity index (χ3n) is 6.17. The number of rotatable bonds is 8. The van der Waals surface area contributed by atoms with E-state index < -0.39 is 0 Å². The highest BCUT2D eigenvalue weighted by Gasteiger charge is 2.23. The normalized spacial score (nSPS) is 20.9. The number of nitrogens with one attached hydrogen (secondary N) is 1. The molecule has 0 radical (unpaired) electrons. The minimum Gasteiger partial charge on any atom is -0.370 e. The minimum atomic E-state index is -0.200. The number of halogens is 1. The van der Waals surface area contributed by atoms with Crippen LogP contribution in [0.15, 0.2) is 35.3 Å². The largest absolute Gasteiger partial charge is 0.370 e. The molecule has 1 aromatic carbocycles. The maximum absolute atomic E-state index is 11.2. The van der Waals surface area contributed by atoms with Crippen LogP contribution in [0, 0.1) is 5.92 Å². The van der Waals surface area contributed by atoms with Gasteiger partial charge in [-0.05, 0) is 37.3 Å². The zero-order valence-corrected chi connectivity index (χ0v) is 21.2. The monoisotopic (exact) mass is 542 g/mol. The minimum absolute atomic E-state index is 0. The molecule has 7 nitrogen and oxygen atoms in total. The number of piperidine rings is 1. The highest BCUT2D eigenvalue weighted by Crippen LogP contribution is 2.19. The number of nitrogens with zero attached hydrogens (tertiary/aromatic N) is 4. The topological polar surface area (TPSA) is 77.2 Å². The highest BCUT2D eigenvalue weighted by atomic mass is 127. The second-order valence-electron chi connectivity index (χ2n) is 8.56. The van der Waals surface area contributed by atoms with E-state index >= 15 is 0 Å². The van der Waals surface area contributed by atoms with Crippen molar-refractivity contribution in [3.8, 4) is 0 Å². The summed E-state index contributed by atoms with van der Waals surface area (Å²) in [4.78, 5) is 23.1. The molecule has 3 rings (SSSR count). The molecule has 1 unspecified atom stereocenters. The summed E-state index contributed by atoms with van der Waals surface area (Å²) >= 11 is 0. The smallest absolute Gasteiger partial charge is 0.217 e. The fourth-order valence-electron chi connectivity index (χ4n) is 4.56. The maximum Gasteiger partial charge on any atom is 0.217 e. The van der Waals surface area contributed by atoms with Crippen molar-refractivity contribution in [1.82, 2.24) is 20.0 Å². The van der Waals surface area contributed by atoms with Gasteiger partial charge in [0, 0.05) is 65.8 Å². The van der Waals surface area contributed by atoms with E-state index in [2.05, 4.69) is 55.3 Å². The van der Waals surface area contributed by atoms with Crippen LogP contribution in [0.3, 0.4) is 0 Å². The van der Waals surface area contributed by atoms with Crippen LogP contribution in [-0.4, -0.2) is 86.0 Å². The third kappa shape index (κ3) is 8.94. The summed E-state index contributed by atoms with van der Waals surface area (Å²) in [6.45, 7) is 9.52. The number of aliphatic imine (C=N–C) groups is 1. The number of benzene rings is 1. The van der Waals surface area contributed by atoms with Gasteiger partial charge in [-0.15, -0.1) is 24.0 Å². The number of carbonyl (C=O) groups is 1.